The fourth-order valence-corrected chi connectivity index (χ4v) is 6.81. The molecule has 0 aliphatic rings. The predicted octanol–water partition coefficient (Wildman–Crippen LogP) is 7.68. The van der Waals surface area contributed by atoms with Gasteiger partial charge in [0.2, 0.25) is 11.8 Å². The van der Waals surface area contributed by atoms with E-state index in [0.717, 1.165) is 23.3 Å². The zero-order chi connectivity index (χ0) is 35.1. The molecule has 4 rings (SSSR count). The number of rotatable bonds is 13. The van der Waals surface area contributed by atoms with Crippen LogP contribution >= 0.6 is 23.2 Å². The average Bonchev–Trinajstić information content (AvgIpc) is 3.05. The molecule has 0 bridgehead atoms. The van der Waals surface area contributed by atoms with Crippen molar-refractivity contribution in [3.63, 3.8) is 0 Å². The number of anilines is 1. The first kappa shape index (κ1) is 36.8. The highest BCUT2D eigenvalue weighted by molar-refractivity contribution is 7.92. The molecule has 0 saturated carbocycles. The molecule has 1 atom stereocenters. The maximum Gasteiger partial charge on any atom is 0.417 e. The lowest BCUT2D eigenvalue weighted by molar-refractivity contribution is -0.140. The highest BCUT2D eigenvalue weighted by Crippen LogP contribution is 2.38. The number of sulfonamides is 1. The minimum absolute atomic E-state index is 0.0659. The number of nitrogens with zero attached hydrogens (tertiary/aromatic N) is 2. The van der Waals surface area contributed by atoms with Crippen LogP contribution in [0.2, 0.25) is 10.0 Å². The zero-order valence-corrected chi connectivity index (χ0v) is 28.5. The first-order chi connectivity index (χ1) is 22.7. The summed E-state index contributed by atoms with van der Waals surface area (Å²) in [6, 6.07) is 22.8. The van der Waals surface area contributed by atoms with Gasteiger partial charge >= 0.3 is 6.18 Å². The minimum Gasteiger partial charge on any atom is -0.354 e. The van der Waals surface area contributed by atoms with Crippen molar-refractivity contribution < 1.29 is 31.2 Å². The molecule has 0 radical (unpaired) electrons. The van der Waals surface area contributed by atoms with Gasteiger partial charge in [0.25, 0.3) is 10.0 Å². The van der Waals surface area contributed by atoms with E-state index in [1.807, 2.05) is 6.92 Å². The number of halogens is 5. The first-order valence-corrected chi connectivity index (χ1v) is 17.2. The maximum absolute atomic E-state index is 14.5. The van der Waals surface area contributed by atoms with Crippen LogP contribution in [-0.4, -0.2) is 44.3 Å². The van der Waals surface area contributed by atoms with Crippen LogP contribution in [0.25, 0.3) is 0 Å². The standard InChI is InChI=1S/C35H34Cl2F3N3O4S/c1-3-19-41-34(45)32(20-25-9-5-4-6-10-25)42(22-26-11-7-8-12-30(26)36)33(44)23-43(48(46,47)28-16-13-24(2)14-17-28)27-15-18-31(37)29(21-27)35(38,39)40/h4-18,21,32H,3,19-20,22-23H2,1-2H3,(H,41,45)/t32-/m1/s1. The van der Waals surface area contributed by atoms with Crippen molar-refractivity contribution in [1.82, 2.24) is 10.2 Å². The quantitative estimate of drug-likeness (QED) is 0.154. The Kier molecular flexibility index (Phi) is 12.2. The Morgan fingerprint density at radius 2 is 1.52 bits per heavy atom. The highest BCUT2D eigenvalue weighted by atomic mass is 35.5. The van der Waals surface area contributed by atoms with E-state index in [4.69, 9.17) is 23.2 Å². The summed E-state index contributed by atoms with van der Waals surface area (Å²) >= 11 is 12.3. The van der Waals surface area contributed by atoms with Gasteiger partial charge in [-0.05, 0) is 60.9 Å². The topological polar surface area (TPSA) is 86.8 Å². The molecule has 0 saturated heterocycles. The molecule has 0 aliphatic heterocycles. The van der Waals surface area contributed by atoms with Crippen LogP contribution in [0, 0.1) is 6.92 Å². The Balaban J connectivity index is 1.87. The monoisotopic (exact) mass is 719 g/mol. The van der Waals surface area contributed by atoms with Gasteiger partial charge in [-0.1, -0.05) is 96.4 Å². The Morgan fingerprint density at radius 1 is 0.875 bits per heavy atom. The smallest absolute Gasteiger partial charge is 0.354 e. The summed E-state index contributed by atoms with van der Waals surface area (Å²) in [5, 5.41) is 2.49. The molecule has 0 spiro atoms. The molecular weight excluding hydrogens is 686 g/mol. The van der Waals surface area contributed by atoms with Crippen LogP contribution in [0.15, 0.2) is 102 Å². The van der Waals surface area contributed by atoms with Gasteiger partial charge in [0.05, 0.1) is 21.2 Å². The summed E-state index contributed by atoms with van der Waals surface area (Å²) in [6.07, 6.45) is -4.23. The van der Waals surface area contributed by atoms with Crippen LogP contribution in [0.3, 0.4) is 0 Å². The predicted molar refractivity (Wildman–Crippen MR) is 181 cm³/mol. The molecule has 0 aliphatic carbocycles. The number of alkyl halides is 3. The third-order valence-electron chi connectivity index (χ3n) is 7.55. The molecule has 0 fully saturated rings. The summed E-state index contributed by atoms with van der Waals surface area (Å²) < 4.78 is 70.7. The van der Waals surface area contributed by atoms with E-state index in [1.54, 1.807) is 61.5 Å². The molecule has 2 amide bonds. The molecule has 0 unspecified atom stereocenters. The summed E-state index contributed by atoms with van der Waals surface area (Å²) in [4.78, 5) is 29.2. The maximum atomic E-state index is 14.5. The molecule has 254 valence electrons. The van der Waals surface area contributed by atoms with Crippen LogP contribution in [0.5, 0.6) is 0 Å². The molecule has 13 heteroatoms. The van der Waals surface area contributed by atoms with E-state index < -0.39 is 56.9 Å². The number of benzene rings is 4. The van der Waals surface area contributed by atoms with Gasteiger partial charge < -0.3 is 10.2 Å². The lowest BCUT2D eigenvalue weighted by atomic mass is 10.0. The number of aryl methyl sites for hydroxylation is 1. The molecule has 0 heterocycles. The van der Waals surface area contributed by atoms with Crippen molar-refractivity contribution in [2.75, 3.05) is 17.4 Å². The van der Waals surface area contributed by atoms with E-state index in [-0.39, 0.29) is 17.9 Å². The fourth-order valence-electron chi connectivity index (χ4n) is 4.98. The lowest BCUT2D eigenvalue weighted by Gasteiger charge is -2.34. The summed E-state index contributed by atoms with van der Waals surface area (Å²) in [5.41, 5.74) is 0.242. The number of amides is 2. The zero-order valence-electron chi connectivity index (χ0n) is 26.2. The van der Waals surface area contributed by atoms with Gasteiger partial charge in [-0.25, -0.2) is 8.42 Å². The molecule has 0 aromatic heterocycles. The number of carbonyl (C=O) groups is 2. The Labute approximate surface area is 288 Å². The number of hydrogen-bond donors (Lipinski definition) is 1. The van der Waals surface area contributed by atoms with Crippen molar-refractivity contribution in [2.24, 2.45) is 0 Å². The van der Waals surface area contributed by atoms with Crippen LogP contribution in [0.1, 0.15) is 35.6 Å². The van der Waals surface area contributed by atoms with Gasteiger partial charge in [0, 0.05) is 24.5 Å². The van der Waals surface area contributed by atoms with Gasteiger partial charge in [-0.15, -0.1) is 0 Å². The van der Waals surface area contributed by atoms with Crippen molar-refractivity contribution in [3.05, 3.63) is 129 Å². The van der Waals surface area contributed by atoms with E-state index >= 15 is 0 Å². The summed E-state index contributed by atoms with van der Waals surface area (Å²) in [7, 11) is -4.63. The van der Waals surface area contributed by atoms with Gasteiger partial charge in [0.1, 0.15) is 12.6 Å². The number of carbonyl (C=O) groups excluding carboxylic acids is 2. The second-order valence-electron chi connectivity index (χ2n) is 11.1. The van der Waals surface area contributed by atoms with Crippen LogP contribution in [0.4, 0.5) is 18.9 Å². The van der Waals surface area contributed by atoms with Gasteiger partial charge in [-0.3, -0.25) is 13.9 Å². The van der Waals surface area contributed by atoms with Crippen molar-refractivity contribution >= 4 is 50.7 Å². The molecule has 1 N–H and O–H groups in total. The Bertz CT molecular complexity index is 1840. The molecule has 7 nitrogen and oxygen atoms in total. The van der Waals surface area contributed by atoms with Gasteiger partial charge in [0.15, 0.2) is 0 Å². The van der Waals surface area contributed by atoms with Crippen LogP contribution in [-0.2, 0) is 38.8 Å². The Morgan fingerprint density at radius 3 is 2.15 bits per heavy atom. The largest absolute Gasteiger partial charge is 0.417 e. The third-order valence-corrected chi connectivity index (χ3v) is 10.0. The van der Waals surface area contributed by atoms with Crippen molar-refractivity contribution in [1.29, 1.82) is 0 Å². The highest BCUT2D eigenvalue weighted by Gasteiger charge is 2.37. The number of nitrogens with one attached hydrogen (secondary N) is 1. The van der Waals surface area contributed by atoms with Crippen molar-refractivity contribution in [3.8, 4) is 0 Å². The lowest BCUT2D eigenvalue weighted by Crippen LogP contribution is -2.53. The van der Waals surface area contributed by atoms with E-state index in [2.05, 4.69) is 5.32 Å². The fraction of sp³-hybridized carbons (Fsp3) is 0.257. The first-order valence-electron chi connectivity index (χ1n) is 15.0. The molecule has 48 heavy (non-hydrogen) atoms. The molecule has 4 aromatic rings. The molecule has 4 aromatic carbocycles. The summed E-state index contributed by atoms with van der Waals surface area (Å²) in [5.74, 6) is -1.33. The number of hydrogen-bond acceptors (Lipinski definition) is 4. The minimum atomic E-state index is -4.91. The SMILES string of the molecule is CCCNC(=O)[C@@H](Cc1ccccc1)N(Cc1ccccc1Cl)C(=O)CN(c1ccc(Cl)c(C(F)(F)F)c1)S(=O)(=O)c1ccc(C)cc1. The van der Waals surface area contributed by atoms with E-state index in [9.17, 15) is 31.2 Å². The second kappa shape index (κ2) is 15.9. The van der Waals surface area contributed by atoms with E-state index in [1.165, 1.54) is 29.2 Å². The second-order valence-corrected chi connectivity index (χ2v) is 13.8. The van der Waals surface area contributed by atoms with Crippen molar-refractivity contribution in [2.45, 2.75) is 50.3 Å². The third kappa shape index (κ3) is 9.09. The van der Waals surface area contributed by atoms with Gasteiger partial charge in [-0.2, -0.15) is 13.2 Å². The molecular formula is C35H34Cl2F3N3O4S. The average molecular weight is 721 g/mol. The van der Waals surface area contributed by atoms with E-state index in [0.29, 0.717) is 33.9 Å². The normalized spacial score (nSPS) is 12.3. The summed E-state index contributed by atoms with van der Waals surface area (Å²) in [6.45, 7) is 2.80. The Hall–Kier alpha value is -4.06. The van der Waals surface area contributed by atoms with Crippen LogP contribution < -0.4 is 9.62 Å².